The van der Waals surface area contributed by atoms with Crippen molar-refractivity contribution < 1.29 is 91.6 Å². The number of nitrogens with two attached hydrogens (primary N) is 1. The lowest BCUT2D eigenvalue weighted by Crippen LogP contribution is -2.59. The smallest absolute Gasteiger partial charge is 0.264 e. The summed E-state index contributed by atoms with van der Waals surface area (Å²) in [7, 11) is -3.40. The molecule has 4 fully saturated rings. The average molecular weight is 1480 g/mol. The Hall–Kier alpha value is -9.95. The van der Waals surface area contributed by atoms with E-state index in [0.29, 0.717) is 11.8 Å². The molecule has 9 atom stereocenters. The summed E-state index contributed by atoms with van der Waals surface area (Å²) in [4.78, 5) is 121. The Bertz CT molecular complexity index is 4500. The van der Waals surface area contributed by atoms with Gasteiger partial charge < -0.3 is 93.1 Å². The Morgan fingerprint density at radius 3 is 1.88 bits per heavy atom. The first-order valence-corrected chi connectivity index (χ1v) is 35.6. The first-order chi connectivity index (χ1) is 49.0. The number of fused-ring (bicyclic) bond motifs is 15. The van der Waals surface area contributed by atoms with E-state index in [1.54, 1.807) is 0 Å². The van der Waals surface area contributed by atoms with E-state index in [2.05, 4.69) is 42.5 Å². The molecule has 4 aliphatic carbocycles. The van der Waals surface area contributed by atoms with Gasteiger partial charge in [0.05, 0.1) is 27.4 Å². The lowest BCUT2D eigenvalue weighted by Gasteiger charge is -2.54. The van der Waals surface area contributed by atoms with E-state index in [1.807, 2.05) is 18.6 Å². The van der Waals surface area contributed by atoms with E-state index in [-0.39, 0.29) is 104 Å². The van der Waals surface area contributed by atoms with Crippen LogP contribution in [0, 0.1) is 29.6 Å². The number of sulfonamides is 1. The largest absolute Gasteiger partial charge is 0.508 e. The quantitative estimate of drug-likeness (QED) is 0.0708. The van der Waals surface area contributed by atoms with Crippen molar-refractivity contribution >= 4 is 80.5 Å². The van der Waals surface area contributed by atoms with Crippen molar-refractivity contribution in [2.24, 2.45) is 35.3 Å². The van der Waals surface area contributed by atoms with Crippen molar-refractivity contribution in [3.63, 3.8) is 0 Å². The summed E-state index contributed by atoms with van der Waals surface area (Å²) in [6.45, 7) is 3.68. The average Bonchev–Trinajstić information content (AvgIpc) is 0.758. The first-order valence-electron chi connectivity index (χ1n) is 33.4. The third-order valence-corrected chi connectivity index (χ3v) is 21.6. The van der Waals surface area contributed by atoms with Crippen LogP contribution in [-0.4, -0.2) is 137 Å². The molecule has 0 saturated heterocycles. The van der Waals surface area contributed by atoms with Crippen molar-refractivity contribution in [1.29, 1.82) is 0 Å². The maximum absolute atomic E-state index is 16.0. The summed E-state index contributed by atoms with van der Waals surface area (Å²) in [6, 6.07) is 5.32. The van der Waals surface area contributed by atoms with Gasteiger partial charge in [-0.2, -0.15) is 0 Å². The van der Waals surface area contributed by atoms with Gasteiger partial charge in [-0.25, -0.2) is 13.1 Å². The van der Waals surface area contributed by atoms with Crippen LogP contribution in [0.25, 0.3) is 11.1 Å². The predicted octanol–water partition coefficient (Wildman–Crippen LogP) is 4.61. The molecule has 0 aromatic heterocycles. The van der Waals surface area contributed by atoms with Gasteiger partial charge in [-0.1, -0.05) is 61.3 Å². The second-order valence-electron chi connectivity index (χ2n) is 27.2. The Labute approximate surface area is 600 Å². The summed E-state index contributed by atoms with van der Waals surface area (Å²) in [5.41, 5.74) is 3.65. The maximum Gasteiger partial charge on any atom is 0.264 e. The summed E-state index contributed by atoms with van der Waals surface area (Å²) in [5, 5.41) is 92.6. The maximum atomic E-state index is 16.0. The van der Waals surface area contributed by atoms with Crippen LogP contribution in [0.15, 0.2) is 108 Å². The number of carbonyl (C=O) groups is 8. The number of aromatic hydroxyl groups is 4. The number of phenols is 4. The van der Waals surface area contributed by atoms with Crippen LogP contribution in [-0.2, 0) is 48.4 Å². The number of likely N-dealkylation sites (N-methyl/N-ethyl adjacent to an activating group) is 1. The normalized spacial score (nSPS) is 25.4. The van der Waals surface area contributed by atoms with Crippen molar-refractivity contribution in [1.82, 2.24) is 47.3 Å². The second-order valence-corrected chi connectivity index (χ2v) is 29.7. The minimum atomic E-state index is -4.87. The zero-order chi connectivity index (χ0) is 73.6. The molecule has 8 amide bonds. The number of aliphatic hydroxyl groups is 2. The Morgan fingerprint density at radius 2 is 1.26 bits per heavy atom. The van der Waals surface area contributed by atoms with Crippen LogP contribution in [0.2, 0.25) is 10.0 Å². The van der Waals surface area contributed by atoms with E-state index in [1.165, 1.54) is 43.4 Å². The van der Waals surface area contributed by atoms with E-state index in [4.69, 9.17) is 43.1 Å². The highest BCUT2D eigenvalue weighted by atomic mass is 35.5. The Kier molecular flexibility index (Phi) is 21.1. The number of carbonyl (C=O) groups excluding carboxylic acids is 8. The van der Waals surface area contributed by atoms with E-state index in [9.17, 15) is 48.6 Å². The lowest BCUT2D eigenvalue weighted by molar-refractivity contribution is -0.138. The van der Waals surface area contributed by atoms with Gasteiger partial charge >= 0.3 is 0 Å². The summed E-state index contributed by atoms with van der Waals surface area (Å²) in [5.74, 6) is -13.3. The summed E-state index contributed by atoms with van der Waals surface area (Å²) < 4.78 is 47.9. The number of aliphatic hydroxyl groups excluding tert-OH is 2. The number of hydrogen-bond acceptors (Lipinski definition) is 21. The van der Waals surface area contributed by atoms with Crippen molar-refractivity contribution in [2.75, 3.05) is 20.2 Å². The van der Waals surface area contributed by atoms with Gasteiger partial charge in [-0.15, -0.1) is 0 Å². The monoisotopic (exact) mass is 1470 g/mol. The summed E-state index contributed by atoms with van der Waals surface area (Å²) >= 11 is 13.9. The van der Waals surface area contributed by atoms with Gasteiger partial charge in [-0.05, 0) is 170 Å². The Morgan fingerprint density at radius 1 is 0.650 bits per heavy atom. The van der Waals surface area contributed by atoms with Gasteiger partial charge in [-0.3, -0.25) is 38.4 Å². The predicted molar refractivity (Wildman–Crippen MR) is 369 cm³/mol. The molecule has 29 nitrogen and oxygen atoms in total. The molecule has 4 saturated carbocycles. The van der Waals surface area contributed by atoms with Crippen molar-refractivity contribution in [3.8, 4) is 62.9 Å². The molecule has 5 heterocycles. The molecule has 544 valence electrons. The number of nitrogens with one attached hydrogen (secondary N) is 9. The fourth-order valence-corrected chi connectivity index (χ4v) is 16.4. The third-order valence-electron chi connectivity index (χ3n) is 19.6. The van der Waals surface area contributed by atoms with Crippen LogP contribution in [0.1, 0.15) is 117 Å². The molecule has 15 bridgehead atoms. The molecular weight excluding hydrogens is 1400 g/mol. The number of rotatable bonds is 14. The van der Waals surface area contributed by atoms with Gasteiger partial charge in [0.15, 0.2) is 11.5 Å². The topological polar surface area (TPSA) is 454 Å². The molecular formula is C71H76Cl2N10O19S. The molecule has 0 unspecified atom stereocenters. The van der Waals surface area contributed by atoms with Gasteiger partial charge in [0.1, 0.15) is 89.6 Å². The van der Waals surface area contributed by atoms with Gasteiger partial charge in [0, 0.05) is 35.8 Å². The van der Waals surface area contributed by atoms with E-state index < -0.39 is 163 Å². The van der Waals surface area contributed by atoms with Crippen LogP contribution in [0.3, 0.4) is 0 Å². The van der Waals surface area contributed by atoms with E-state index in [0.717, 1.165) is 98.8 Å². The zero-order valence-electron chi connectivity index (χ0n) is 55.6. The number of phenolic OH excluding ortho intramolecular Hbond substituents is 4. The fraction of sp³-hybridized carbons (Fsp3) is 0.380. The minimum absolute atomic E-state index is 0.0198. The highest BCUT2D eigenvalue weighted by Crippen LogP contribution is 2.54. The molecule has 5 aliphatic heterocycles. The van der Waals surface area contributed by atoms with Crippen molar-refractivity contribution in [2.45, 2.75) is 124 Å². The molecule has 32 heteroatoms. The Balaban J connectivity index is 1.01. The molecule has 15 rings (SSSR count). The molecule has 6 aromatic carbocycles. The molecule has 9 aliphatic rings. The third kappa shape index (κ3) is 15.4. The van der Waals surface area contributed by atoms with Gasteiger partial charge in [0.25, 0.3) is 10.0 Å². The SMILES string of the molecule is CN[C@H](CC(C)C)C(=O)N[C@H]1C(=O)N[C@@H](CC(=O)NS(=O)(=O)c2cccc(OCCN)c2)C(=O)N[C@H]2C(=O)N[C@H]3C(=O)N[C@H](C(=O)N[C@H](C(=O)NC4C5CC6CC(C5)CC4C6)c4cc(O)cc(O)c4-c4cc3ccc4O)[C@H](O)c3ccc(c(Cl)c3)Oc3cc2cc(c3O)Oc2ccc(cc2Cl)[C@H]1O. The fourth-order valence-electron chi connectivity index (χ4n) is 14.9. The number of ether oxygens (including phenoxy) is 3. The summed E-state index contributed by atoms with van der Waals surface area (Å²) in [6.07, 6.45) is -0.749. The van der Waals surface area contributed by atoms with Gasteiger partial charge in [0.2, 0.25) is 53.0 Å². The highest BCUT2D eigenvalue weighted by Gasteiger charge is 2.50. The first kappa shape index (κ1) is 72.8. The van der Waals surface area contributed by atoms with E-state index >= 15 is 28.8 Å². The second kappa shape index (κ2) is 29.8. The van der Waals surface area contributed by atoms with Crippen LogP contribution in [0.5, 0.6) is 51.7 Å². The molecule has 17 N–H and O–H groups in total. The molecule has 0 radical (unpaired) electrons. The van der Waals surface area contributed by atoms with Crippen LogP contribution < -0.4 is 67.2 Å². The standard InChI is InChI=1S/C71H76Cl2N10O19S/c1-30(2)15-46(75-3)65(91)81-60-62(88)34-8-11-50(44(72)22-34)101-52-24-38-25-53(64(52)90)102-51-12-9-35(23-45(51)73)63(89)61-71(97)80-59(69(95)77-56-36-17-31-16-32(19-36)20-37(56)18-31)43-26-39(84)27-49(86)55(43)42-21-33(7-10-48(42)85)57(67(93)82-61)79-68(94)58(38)78-66(92)47(76-70(60)96)29-54(87)83-103(98,99)41-6-4-5-40(28-41)100-14-13-74/h4-12,21-28,30-32,36-37,46-47,56-63,75,84-86,88-90H,13-20,29,74H2,1-3H3,(H,76,96)(H,77,95)(H,78,92)(H,79,94)(H,80,97)(H,81,91)(H,82,93)(H,83,87)/t31?,32?,36?,37?,46-,47+,56?,57-,58-,59+,60-,61+,62-,63-/m1/s1. The minimum Gasteiger partial charge on any atom is -0.508 e. The lowest BCUT2D eigenvalue weighted by atomic mass is 9.54. The molecule has 103 heavy (non-hydrogen) atoms. The zero-order valence-corrected chi connectivity index (χ0v) is 57.9. The van der Waals surface area contributed by atoms with Crippen molar-refractivity contribution in [3.05, 3.63) is 141 Å². The molecule has 6 aromatic rings. The number of amides is 8. The number of benzene rings is 6. The highest BCUT2D eigenvalue weighted by molar-refractivity contribution is 7.90. The van der Waals surface area contributed by atoms with Crippen LogP contribution in [0.4, 0.5) is 0 Å². The number of hydrogen-bond donors (Lipinski definition) is 16. The molecule has 0 spiro atoms. The number of halogens is 2. The van der Waals surface area contributed by atoms with Crippen LogP contribution >= 0.6 is 23.2 Å².